The molecule has 82 valence electrons. The minimum atomic E-state index is -0.179. The lowest BCUT2D eigenvalue weighted by Gasteiger charge is -2.04. The van der Waals surface area contributed by atoms with Crippen molar-refractivity contribution in [1.29, 1.82) is 0 Å². The third kappa shape index (κ3) is 2.41. The summed E-state index contributed by atoms with van der Waals surface area (Å²) in [4.78, 5) is 11.5. The minimum absolute atomic E-state index is 0.179. The number of anilines is 1. The van der Waals surface area contributed by atoms with Gasteiger partial charge >= 0.3 is 0 Å². The summed E-state index contributed by atoms with van der Waals surface area (Å²) in [6, 6.07) is 10.1. The largest absolute Gasteiger partial charge is 0.399 e. The van der Waals surface area contributed by atoms with Crippen molar-refractivity contribution in [3.8, 4) is 0 Å². The van der Waals surface area contributed by atoms with Crippen LogP contribution in [0.1, 0.15) is 5.56 Å². The van der Waals surface area contributed by atoms with Crippen molar-refractivity contribution < 1.29 is 0 Å². The van der Waals surface area contributed by atoms with Gasteiger partial charge in [-0.1, -0.05) is 23.7 Å². The van der Waals surface area contributed by atoms with Crippen molar-refractivity contribution in [2.75, 3.05) is 5.73 Å². The first-order valence-electron chi connectivity index (χ1n) is 4.73. The third-order valence-corrected chi connectivity index (χ3v) is 2.35. The number of hydrogen-bond donors (Lipinski definition) is 1. The van der Waals surface area contributed by atoms with Gasteiger partial charge in [0.05, 0.1) is 6.54 Å². The van der Waals surface area contributed by atoms with Crippen LogP contribution in [0.3, 0.4) is 0 Å². The van der Waals surface area contributed by atoms with Crippen molar-refractivity contribution in [3.05, 3.63) is 57.5 Å². The molecule has 1 heterocycles. The summed E-state index contributed by atoms with van der Waals surface area (Å²) < 4.78 is 1.31. The van der Waals surface area contributed by atoms with Crippen molar-refractivity contribution >= 4 is 17.3 Å². The second-order valence-corrected chi connectivity index (χ2v) is 3.78. The second kappa shape index (κ2) is 4.37. The highest BCUT2D eigenvalue weighted by Gasteiger charge is 2.00. The van der Waals surface area contributed by atoms with Crippen LogP contribution in [0.15, 0.2) is 41.2 Å². The van der Waals surface area contributed by atoms with Crippen LogP contribution >= 0.6 is 11.6 Å². The van der Waals surface area contributed by atoms with Crippen LogP contribution in [-0.2, 0) is 6.54 Å². The average Bonchev–Trinajstić information content (AvgIpc) is 2.27. The number of nitrogens with two attached hydrogens (primary N) is 1. The van der Waals surface area contributed by atoms with Gasteiger partial charge in [0.1, 0.15) is 5.15 Å². The molecular formula is C11H10ClN3O. The number of nitrogens with zero attached hydrogens (tertiary/aromatic N) is 2. The highest BCUT2D eigenvalue weighted by Crippen LogP contribution is 2.06. The zero-order chi connectivity index (χ0) is 11.5. The Hall–Kier alpha value is -1.81. The molecular weight excluding hydrogens is 226 g/mol. The van der Waals surface area contributed by atoms with Gasteiger partial charge in [-0.3, -0.25) is 4.79 Å². The average molecular weight is 236 g/mol. The molecule has 1 aromatic carbocycles. The van der Waals surface area contributed by atoms with Crippen molar-refractivity contribution in [2.45, 2.75) is 6.54 Å². The molecule has 0 aliphatic rings. The Bertz CT molecular complexity index is 548. The maximum Gasteiger partial charge on any atom is 0.267 e. The van der Waals surface area contributed by atoms with E-state index in [0.717, 1.165) is 5.56 Å². The monoisotopic (exact) mass is 235 g/mol. The summed E-state index contributed by atoms with van der Waals surface area (Å²) in [5.74, 6) is 0. The molecule has 5 heteroatoms. The van der Waals surface area contributed by atoms with E-state index >= 15 is 0 Å². The summed E-state index contributed by atoms with van der Waals surface area (Å²) in [5, 5.41) is 4.23. The van der Waals surface area contributed by atoms with Gasteiger partial charge in [-0.05, 0) is 23.8 Å². The molecule has 0 saturated carbocycles. The standard InChI is InChI=1S/C11H10ClN3O/c12-10-5-6-11(16)15(14-10)7-8-1-3-9(13)4-2-8/h1-6H,7,13H2. The fraction of sp³-hybridized carbons (Fsp3) is 0.0909. The summed E-state index contributed by atoms with van der Waals surface area (Å²) in [6.07, 6.45) is 0. The third-order valence-electron chi connectivity index (χ3n) is 2.15. The zero-order valence-electron chi connectivity index (χ0n) is 8.43. The molecule has 2 rings (SSSR count). The first-order valence-corrected chi connectivity index (χ1v) is 5.11. The summed E-state index contributed by atoms with van der Waals surface area (Å²) in [6.45, 7) is 0.389. The van der Waals surface area contributed by atoms with Crippen LogP contribution in [0, 0.1) is 0 Å². The quantitative estimate of drug-likeness (QED) is 0.803. The van der Waals surface area contributed by atoms with E-state index in [1.807, 2.05) is 12.1 Å². The lowest BCUT2D eigenvalue weighted by atomic mass is 10.2. The fourth-order valence-corrected chi connectivity index (χ4v) is 1.49. The summed E-state index contributed by atoms with van der Waals surface area (Å²) in [7, 11) is 0. The van der Waals surface area contributed by atoms with Crippen LogP contribution in [0.4, 0.5) is 5.69 Å². The van der Waals surface area contributed by atoms with Crippen LogP contribution < -0.4 is 11.3 Å². The summed E-state index contributed by atoms with van der Waals surface area (Å²) in [5.41, 5.74) is 7.03. The van der Waals surface area contributed by atoms with Gasteiger partial charge in [-0.2, -0.15) is 5.10 Å². The lowest BCUT2D eigenvalue weighted by Crippen LogP contribution is -2.22. The van der Waals surface area contributed by atoms with Gasteiger partial charge in [0.15, 0.2) is 0 Å². The van der Waals surface area contributed by atoms with E-state index in [2.05, 4.69) is 5.10 Å². The Morgan fingerprint density at radius 1 is 1.19 bits per heavy atom. The van der Waals surface area contributed by atoms with Crippen molar-refractivity contribution in [3.63, 3.8) is 0 Å². The van der Waals surface area contributed by atoms with Crippen LogP contribution in [0.2, 0.25) is 5.15 Å². The predicted molar refractivity (Wildman–Crippen MR) is 63.5 cm³/mol. The number of halogens is 1. The Labute approximate surface area is 97.3 Å². The number of benzene rings is 1. The Morgan fingerprint density at radius 3 is 2.56 bits per heavy atom. The van der Waals surface area contributed by atoms with Crippen LogP contribution in [0.5, 0.6) is 0 Å². The van der Waals surface area contributed by atoms with Gasteiger partial charge < -0.3 is 5.73 Å². The van der Waals surface area contributed by atoms with Crippen LogP contribution in [0.25, 0.3) is 0 Å². The Morgan fingerprint density at radius 2 is 1.88 bits per heavy atom. The van der Waals surface area contributed by atoms with Crippen molar-refractivity contribution in [1.82, 2.24) is 9.78 Å². The Balaban J connectivity index is 2.30. The zero-order valence-corrected chi connectivity index (χ0v) is 9.19. The van der Waals surface area contributed by atoms with Crippen LogP contribution in [-0.4, -0.2) is 9.78 Å². The highest BCUT2D eigenvalue weighted by molar-refractivity contribution is 6.29. The van der Waals surface area contributed by atoms with E-state index in [1.165, 1.54) is 16.8 Å². The molecule has 4 nitrogen and oxygen atoms in total. The maximum atomic E-state index is 11.5. The smallest absolute Gasteiger partial charge is 0.267 e. The molecule has 0 spiro atoms. The molecule has 0 unspecified atom stereocenters. The van der Waals surface area contributed by atoms with E-state index in [4.69, 9.17) is 17.3 Å². The van der Waals surface area contributed by atoms with E-state index in [9.17, 15) is 4.79 Å². The number of nitrogen functional groups attached to an aromatic ring is 1. The van der Waals surface area contributed by atoms with E-state index < -0.39 is 0 Å². The topological polar surface area (TPSA) is 60.9 Å². The first-order chi connectivity index (χ1) is 7.65. The minimum Gasteiger partial charge on any atom is -0.399 e. The molecule has 0 aliphatic carbocycles. The van der Waals surface area contributed by atoms with Gasteiger partial charge in [-0.15, -0.1) is 0 Å². The van der Waals surface area contributed by atoms with E-state index in [0.29, 0.717) is 17.4 Å². The number of hydrogen-bond acceptors (Lipinski definition) is 3. The number of rotatable bonds is 2. The molecule has 0 atom stereocenters. The maximum absolute atomic E-state index is 11.5. The molecule has 2 N–H and O–H groups in total. The molecule has 16 heavy (non-hydrogen) atoms. The van der Waals surface area contributed by atoms with Gasteiger partial charge in [0.25, 0.3) is 5.56 Å². The Kier molecular flexibility index (Phi) is 2.92. The van der Waals surface area contributed by atoms with E-state index in [1.54, 1.807) is 12.1 Å². The lowest BCUT2D eigenvalue weighted by molar-refractivity contribution is 0.639. The molecule has 0 amide bonds. The molecule has 0 aliphatic heterocycles. The van der Waals surface area contributed by atoms with Gasteiger partial charge in [0.2, 0.25) is 0 Å². The van der Waals surface area contributed by atoms with Gasteiger partial charge in [-0.25, -0.2) is 4.68 Å². The highest BCUT2D eigenvalue weighted by atomic mass is 35.5. The first kappa shape index (κ1) is 10.7. The molecule has 2 aromatic rings. The van der Waals surface area contributed by atoms with E-state index in [-0.39, 0.29) is 5.56 Å². The molecule has 1 aromatic heterocycles. The summed E-state index contributed by atoms with van der Waals surface area (Å²) >= 11 is 5.72. The molecule has 0 bridgehead atoms. The van der Waals surface area contributed by atoms with Crippen molar-refractivity contribution in [2.24, 2.45) is 0 Å². The number of aromatic nitrogens is 2. The molecule has 0 radical (unpaired) electrons. The SMILES string of the molecule is Nc1ccc(Cn2nc(Cl)ccc2=O)cc1. The van der Waals surface area contributed by atoms with Gasteiger partial charge in [0, 0.05) is 11.8 Å². The molecule has 0 fully saturated rings. The second-order valence-electron chi connectivity index (χ2n) is 3.39. The fourth-order valence-electron chi connectivity index (χ4n) is 1.33. The normalized spacial score (nSPS) is 10.3. The molecule has 0 saturated heterocycles. The predicted octanol–water partition coefficient (Wildman–Crippen LogP) is 1.53.